The number of nitrogens with zero attached hydrogens (tertiary/aromatic N) is 1. The predicted octanol–water partition coefficient (Wildman–Crippen LogP) is 3.78. The molecule has 0 radical (unpaired) electrons. The van der Waals surface area contributed by atoms with E-state index in [0.29, 0.717) is 5.92 Å². The smallest absolute Gasteiger partial charge is 0.331 e. The van der Waals surface area contributed by atoms with Gasteiger partial charge in [0.05, 0.1) is 10.5 Å². The molecule has 0 amide bonds. The molecule has 26 heavy (non-hydrogen) atoms. The van der Waals surface area contributed by atoms with E-state index in [0.717, 1.165) is 31.4 Å². The highest BCUT2D eigenvalue weighted by Gasteiger charge is 2.62. The summed E-state index contributed by atoms with van der Waals surface area (Å²) in [5, 5.41) is 30.2. The summed E-state index contributed by atoms with van der Waals surface area (Å²) < 4.78 is 5.65. The predicted molar refractivity (Wildman–Crippen MR) is 94.6 cm³/mol. The van der Waals surface area contributed by atoms with Crippen LogP contribution in [0.25, 0.3) is 6.08 Å². The summed E-state index contributed by atoms with van der Waals surface area (Å²) in [6.07, 6.45) is 5.18. The maximum atomic E-state index is 12.2. The molecule has 3 rings (SSSR count). The fourth-order valence-corrected chi connectivity index (χ4v) is 4.56. The largest absolute Gasteiger partial charge is 0.504 e. The summed E-state index contributed by atoms with van der Waals surface area (Å²) in [4.78, 5) is 22.5. The first kappa shape index (κ1) is 18.2. The zero-order valence-electron chi connectivity index (χ0n) is 15.1. The van der Waals surface area contributed by atoms with Gasteiger partial charge in [-0.3, -0.25) is 10.1 Å². The van der Waals surface area contributed by atoms with Gasteiger partial charge in [-0.15, -0.1) is 0 Å². The van der Waals surface area contributed by atoms with E-state index in [-0.39, 0.29) is 22.5 Å². The Hall–Kier alpha value is -2.57. The number of rotatable bonds is 4. The first-order valence-electron chi connectivity index (χ1n) is 8.66. The molecular weight excluding hydrogens is 338 g/mol. The van der Waals surface area contributed by atoms with Gasteiger partial charge in [0.1, 0.15) is 6.10 Å². The van der Waals surface area contributed by atoms with Crippen LogP contribution in [0.2, 0.25) is 0 Å². The summed E-state index contributed by atoms with van der Waals surface area (Å²) in [7, 11) is 0. The number of phenolic OH excluding ortho intramolecular Hbond substituents is 2. The van der Waals surface area contributed by atoms with Crippen LogP contribution in [0, 0.1) is 26.9 Å². The number of hydrogen-bond acceptors (Lipinski definition) is 6. The highest BCUT2D eigenvalue weighted by Crippen LogP contribution is 2.66. The molecule has 0 aliphatic heterocycles. The van der Waals surface area contributed by atoms with Gasteiger partial charge < -0.3 is 14.9 Å². The molecular formula is C19H23NO6. The van der Waals surface area contributed by atoms with E-state index < -0.39 is 28.1 Å². The standard InChI is InChI=1S/C19H23NO6/c1-18(2)12-8-9-19(18,3)14(10-12)26-15(22)7-5-11-4-6-13(21)17(23)16(11)20(24)25/h4-7,12,14,21,23H,8-10H2,1-3H3/b7-5+. The second kappa shape index (κ2) is 6.00. The van der Waals surface area contributed by atoms with Gasteiger partial charge in [-0.25, -0.2) is 4.79 Å². The highest BCUT2D eigenvalue weighted by molar-refractivity contribution is 5.88. The van der Waals surface area contributed by atoms with Crippen molar-refractivity contribution in [3.63, 3.8) is 0 Å². The quantitative estimate of drug-likeness (QED) is 0.278. The van der Waals surface area contributed by atoms with Crippen molar-refractivity contribution in [3.8, 4) is 11.5 Å². The third kappa shape index (κ3) is 2.62. The molecule has 0 spiro atoms. The average Bonchev–Trinajstić information content (AvgIpc) is 2.89. The van der Waals surface area contributed by atoms with Crippen LogP contribution in [-0.2, 0) is 9.53 Å². The first-order chi connectivity index (χ1) is 12.1. The summed E-state index contributed by atoms with van der Waals surface area (Å²) in [6.45, 7) is 6.60. The number of ether oxygens (including phenoxy) is 1. The topological polar surface area (TPSA) is 110 Å². The number of carbonyl (C=O) groups excluding carboxylic acids is 1. The van der Waals surface area contributed by atoms with E-state index in [2.05, 4.69) is 20.8 Å². The molecule has 2 aliphatic rings. The van der Waals surface area contributed by atoms with Crippen LogP contribution in [0.3, 0.4) is 0 Å². The zero-order valence-corrected chi connectivity index (χ0v) is 15.1. The van der Waals surface area contributed by atoms with E-state index in [1.54, 1.807) is 0 Å². The third-order valence-corrected chi connectivity index (χ3v) is 6.72. The minimum atomic E-state index is -0.826. The molecule has 3 atom stereocenters. The van der Waals surface area contributed by atoms with Crippen molar-refractivity contribution in [1.82, 2.24) is 0 Å². The maximum Gasteiger partial charge on any atom is 0.331 e. The Bertz CT molecular complexity index is 799. The Morgan fingerprint density at radius 3 is 2.58 bits per heavy atom. The molecule has 2 fully saturated rings. The van der Waals surface area contributed by atoms with Crippen LogP contribution in [0.5, 0.6) is 11.5 Å². The minimum Gasteiger partial charge on any atom is -0.504 e. The number of nitro benzene ring substituents is 1. The number of phenols is 2. The normalized spacial score (nSPS) is 29.2. The lowest BCUT2D eigenvalue weighted by molar-refractivity contribution is -0.386. The van der Waals surface area contributed by atoms with Gasteiger partial charge in [-0.05, 0) is 48.8 Å². The number of nitro groups is 1. The van der Waals surface area contributed by atoms with Gasteiger partial charge in [0.15, 0.2) is 5.75 Å². The van der Waals surface area contributed by atoms with Crippen LogP contribution in [0.4, 0.5) is 5.69 Å². The number of fused-ring (bicyclic) bond motifs is 2. The van der Waals surface area contributed by atoms with E-state index in [9.17, 15) is 25.1 Å². The summed E-state index contributed by atoms with van der Waals surface area (Å²) in [6, 6.07) is 2.39. The molecule has 0 aromatic heterocycles. The maximum absolute atomic E-state index is 12.2. The Morgan fingerprint density at radius 1 is 1.35 bits per heavy atom. The van der Waals surface area contributed by atoms with Crippen LogP contribution < -0.4 is 0 Å². The molecule has 2 bridgehead atoms. The van der Waals surface area contributed by atoms with Crippen LogP contribution in [0.15, 0.2) is 18.2 Å². The monoisotopic (exact) mass is 361 g/mol. The van der Waals surface area contributed by atoms with Gasteiger partial charge in [0.25, 0.3) is 0 Å². The van der Waals surface area contributed by atoms with Crippen molar-refractivity contribution < 1.29 is 24.7 Å². The average molecular weight is 361 g/mol. The number of hydrogen-bond donors (Lipinski definition) is 2. The number of aromatic hydroxyl groups is 2. The van der Waals surface area contributed by atoms with Crippen LogP contribution >= 0.6 is 0 Å². The molecule has 7 heteroatoms. The Morgan fingerprint density at radius 2 is 2.04 bits per heavy atom. The summed E-state index contributed by atoms with van der Waals surface area (Å²) in [5.74, 6) is -1.45. The molecule has 2 aliphatic carbocycles. The Labute approximate surface area is 151 Å². The van der Waals surface area contributed by atoms with Gasteiger partial charge in [-0.2, -0.15) is 0 Å². The molecule has 1 aromatic rings. The fraction of sp³-hybridized carbons (Fsp3) is 0.526. The number of carbonyl (C=O) groups is 1. The molecule has 140 valence electrons. The first-order valence-corrected chi connectivity index (χ1v) is 8.66. The SMILES string of the molecule is CC1(C)C2CCC1(C)C(OC(=O)/C=C/c1ccc(O)c(O)c1[N+](=O)[O-])C2. The summed E-state index contributed by atoms with van der Waals surface area (Å²) >= 11 is 0. The van der Waals surface area contributed by atoms with Crippen LogP contribution in [0.1, 0.15) is 45.6 Å². The molecule has 2 N–H and O–H groups in total. The van der Waals surface area contributed by atoms with Gasteiger partial charge in [0, 0.05) is 11.5 Å². The zero-order chi connectivity index (χ0) is 19.3. The van der Waals surface area contributed by atoms with Crippen molar-refractivity contribution >= 4 is 17.7 Å². The lowest BCUT2D eigenvalue weighted by Gasteiger charge is -2.38. The van der Waals surface area contributed by atoms with Crippen LogP contribution in [-0.4, -0.2) is 27.2 Å². The molecule has 7 nitrogen and oxygen atoms in total. The number of esters is 1. The van der Waals surface area contributed by atoms with Gasteiger partial charge >= 0.3 is 11.7 Å². The molecule has 3 unspecified atom stereocenters. The van der Waals surface area contributed by atoms with E-state index in [4.69, 9.17) is 4.74 Å². The van der Waals surface area contributed by atoms with Crippen molar-refractivity contribution in [2.75, 3.05) is 0 Å². The molecule has 1 aromatic carbocycles. The molecule has 0 heterocycles. The summed E-state index contributed by atoms with van der Waals surface area (Å²) in [5.41, 5.74) is -0.587. The van der Waals surface area contributed by atoms with E-state index >= 15 is 0 Å². The lowest BCUT2D eigenvalue weighted by Crippen LogP contribution is -2.38. The molecule has 2 saturated carbocycles. The second-order valence-electron chi connectivity index (χ2n) is 8.00. The van der Waals surface area contributed by atoms with Gasteiger partial charge in [0.2, 0.25) is 5.75 Å². The number of benzene rings is 1. The third-order valence-electron chi connectivity index (χ3n) is 6.72. The lowest BCUT2D eigenvalue weighted by atomic mass is 9.70. The Balaban J connectivity index is 1.76. The second-order valence-corrected chi connectivity index (χ2v) is 8.00. The van der Waals surface area contributed by atoms with Crippen molar-refractivity contribution in [3.05, 3.63) is 33.9 Å². The molecule has 0 saturated heterocycles. The minimum absolute atomic E-state index is 0.0155. The van der Waals surface area contributed by atoms with Crippen molar-refractivity contribution in [1.29, 1.82) is 0 Å². The van der Waals surface area contributed by atoms with E-state index in [1.807, 2.05) is 0 Å². The van der Waals surface area contributed by atoms with Crippen molar-refractivity contribution in [2.45, 2.75) is 46.1 Å². The Kier molecular flexibility index (Phi) is 4.21. The highest BCUT2D eigenvalue weighted by atomic mass is 16.6. The van der Waals surface area contributed by atoms with Crippen molar-refractivity contribution in [2.24, 2.45) is 16.7 Å². The van der Waals surface area contributed by atoms with E-state index in [1.165, 1.54) is 12.1 Å². The van der Waals surface area contributed by atoms with Gasteiger partial charge in [-0.1, -0.05) is 20.8 Å². The fourth-order valence-electron chi connectivity index (χ4n) is 4.56.